The van der Waals surface area contributed by atoms with Crippen LogP contribution in [0.3, 0.4) is 0 Å². The first-order valence-electron chi connectivity index (χ1n) is 5.35. The molecule has 0 spiro atoms. The Labute approximate surface area is 89.1 Å². The fourth-order valence-corrected chi connectivity index (χ4v) is 2.22. The van der Waals surface area contributed by atoms with E-state index in [9.17, 15) is 9.50 Å². The van der Waals surface area contributed by atoms with Crippen molar-refractivity contribution in [3.63, 3.8) is 0 Å². The Kier molecular flexibility index (Phi) is 3.03. The second kappa shape index (κ2) is 4.29. The molecule has 1 aromatic carbocycles. The Balaban J connectivity index is 2.16. The predicted octanol–water partition coefficient (Wildman–Crippen LogP) is 1.48. The average molecular weight is 209 g/mol. The van der Waals surface area contributed by atoms with Crippen molar-refractivity contribution >= 4 is 0 Å². The van der Waals surface area contributed by atoms with Gasteiger partial charge in [-0.25, -0.2) is 4.39 Å². The summed E-state index contributed by atoms with van der Waals surface area (Å²) in [4.78, 5) is 0. The van der Waals surface area contributed by atoms with Crippen molar-refractivity contribution in [3.05, 3.63) is 35.6 Å². The molecule has 3 heteroatoms. The van der Waals surface area contributed by atoms with Crippen molar-refractivity contribution in [2.45, 2.75) is 24.8 Å². The van der Waals surface area contributed by atoms with Crippen LogP contribution in [-0.2, 0) is 6.42 Å². The van der Waals surface area contributed by atoms with E-state index in [1.54, 1.807) is 12.1 Å². The lowest BCUT2D eigenvalue weighted by Gasteiger charge is -2.27. The Morgan fingerprint density at radius 2 is 2.20 bits per heavy atom. The zero-order valence-electron chi connectivity index (χ0n) is 8.67. The van der Waals surface area contributed by atoms with E-state index in [0.717, 1.165) is 19.4 Å². The maximum Gasteiger partial charge on any atom is 0.126 e. The minimum Gasteiger partial charge on any atom is -0.394 e. The molecule has 2 rings (SSSR count). The zero-order valence-corrected chi connectivity index (χ0v) is 8.67. The van der Waals surface area contributed by atoms with Crippen LogP contribution in [-0.4, -0.2) is 23.8 Å². The first-order valence-corrected chi connectivity index (χ1v) is 5.35. The predicted molar refractivity (Wildman–Crippen MR) is 57.2 cm³/mol. The molecule has 2 N–H and O–H groups in total. The molecule has 0 radical (unpaired) electrons. The zero-order chi connectivity index (χ0) is 10.7. The Hall–Kier alpha value is -0.930. The molecule has 0 aliphatic carbocycles. The number of hydrogen-bond acceptors (Lipinski definition) is 2. The van der Waals surface area contributed by atoms with Crippen LogP contribution in [0.5, 0.6) is 0 Å². The molecule has 2 nitrogen and oxygen atoms in total. The third kappa shape index (κ3) is 2.19. The van der Waals surface area contributed by atoms with Crippen LogP contribution in [0.4, 0.5) is 4.39 Å². The normalized spacial score (nSPS) is 25.7. The molecule has 1 aliphatic heterocycles. The number of nitrogens with one attached hydrogen (secondary N) is 1. The van der Waals surface area contributed by atoms with Crippen LogP contribution < -0.4 is 5.32 Å². The Morgan fingerprint density at radius 1 is 1.40 bits per heavy atom. The highest BCUT2D eigenvalue weighted by molar-refractivity contribution is 5.20. The number of rotatable bonds is 3. The molecule has 0 bridgehead atoms. The summed E-state index contributed by atoms with van der Waals surface area (Å²) in [5.41, 5.74) is 0.378. The van der Waals surface area contributed by atoms with Gasteiger partial charge < -0.3 is 10.4 Å². The second-order valence-electron chi connectivity index (χ2n) is 4.24. The monoisotopic (exact) mass is 209 g/mol. The topological polar surface area (TPSA) is 32.3 Å². The van der Waals surface area contributed by atoms with Gasteiger partial charge in [0.25, 0.3) is 0 Å². The minimum atomic E-state index is -0.303. The van der Waals surface area contributed by atoms with Crippen LogP contribution in [0.25, 0.3) is 0 Å². The van der Waals surface area contributed by atoms with E-state index in [4.69, 9.17) is 0 Å². The van der Waals surface area contributed by atoms with Gasteiger partial charge in [-0.15, -0.1) is 0 Å². The van der Waals surface area contributed by atoms with E-state index in [2.05, 4.69) is 5.32 Å². The molecule has 0 aromatic heterocycles. The SMILES string of the molecule is OCC1(Cc2ccccc2F)CCCN1. The van der Waals surface area contributed by atoms with Crippen LogP contribution in [0.2, 0.25) is 0 Å². The number of aliphatic hydroxyl groups is 1. The molecule has 0 saturated carbocycles. The van der Waals surface area contributed by atoms with E-state index in [1.807, 2.05) is 6.07 Å². The summed E-state index contributed by atoms with van der Waals surface area (Å²) in [7, 11) is 0. The van der Waals surface area contributed by atoms with Crippen molar-refractivity contribution in [2.75, 3.05) is 13.2 Å². The van der Waals surface area contributed by atoms with Crippen molar-refractivity contribution in [3.8, 4) is 0 Å². The highest BCUT2D eigenvalue weighted by Crippen LogP contribution is 2.24. The molecule has 1 fully saturated rings. The van der Waals surface area contributed by atoms with E-state index in [0.29, 0.717) is 12.0 Å². The van der Waals surface area contributed by atoms with Gasteiger partial charge in [-0.2, -0.15) is 0 Å². The highest BCUT2D eigenvalue weighted by Gasteiger charge is 2.33. The van der Waals surface area contributed by atoms with Gasteiger partial charge in [-0.05, 0) is 37.4 Å². The molecule has 1 unspecified atom stereocenters. The second-order valence-corrected chi connectivity index (χ2v) is 4.24. The summed E-state index contributed by atoms with van der Waals surface area (Å²) < 4.78 is 13.4. The highest BCUT2D eigenvalue weighted by atomic mass is 19.1. The lowest BCUT2D eigenvalue weighted by Crippen LogP contribution is -2.45. The molecule has 1 aliphatic rings. The molecule has 1 saturated heterocycles. The molecule has 1 aromatic rings. The molecular weight excluding hydrogens is 193 g/mol. The van der Waals surface area contributed by atoms with E-state index >= 15 is 0 Å². The first-order chi connectivity index (χ1) is 7.26. The largest absolute Gasteiger partial charge is 0.394 e. The Bertz CT molecular complexity index is 334. The average Bonchev–Trinajstić information content (AvgIpc) is 2.71. The summed E-state index contributed by atoms with van der Waals surface area (Å²) in [5.74, 6) is -0.181. The first kappa shape index (κ1) is 10.6. The molecular formula is C12H16FNO. The minimum absolute atomic E-state index is 0.0708. The quantitative estimate of drug-likeness (QED) is 0.790. The molecule has 82 valence electrons. The van der Waals surface area contributed by atoms with E-state index in [-0.39, 0.29) is 18.0 Å². The third-order valence-corrected chi connectivity index (χ3v) is 3.12. The molecule has 1 heterocycles. The third-order valence-electron chi connectivity index (χ3n) is 3.12. The van der Waals surface area contributed by atoms with Gasteiger partial charge in [0.2, 0.25) is 0 Å². The fraction of sp³-hybridized carbons (Fsp3) is 0.500. The number of halogens is 1. The van der Waals surface area contributed by atoms with Crippen molar-refractivity contribution in [1.29, 1.82) is 0 Å². The van der Waals surface area contributed by atoms with Crippen LogP contribution in [0.1, 0.15) is 18.4 Å². The van der Waals surface area contributed by atoms with Gasteiger partial charge in [0, 0.05) is 5.54 Å². The summed E-state index contributed by atoms with van der Waals surface area (Å²) in [6.07, 6.45) is 2.53. The van der Waals surface area contributed by atoms with E-state index in [1.165, 1.54) is 6.07 Å². The van der Waals surface area contributed by atoms with Gasteiger partial charge >= 0.3 is 0 Å². The number of benzene rings is 1. The van der Waals surface area contributed by atoms with Gasteiger partial charge in [0.15, 0.2) is 0 Å². The molecule has 1 atom stereocenters. The van der Waals surface area contributed by atoms with E-state index < -0.39 is 0 Å². The maximum atomic E-state index is 13.4. The van der Waals surface area contributed by atoms with Gasteiger partial charge in [-0.3, -0.25) is 0 Å². The molecule has 0 amide bonds. The van der Waals surface area contributed by atoms with Crippen LogP contribution >= 0.6 is 0 Å². The standard InChI is InChI=1S/C12H16FNO/c13-11-5-2-1-4-10(11)8-12(9-15)6-3-7-14-12/h1-2,4-5,14-15H,3,6-9H2. The van der Waals surface area contributed by atoms with Gasteiger partial charge in [-0.1, -0.05) is 18.2 Å². The smallest absolute Gasteiger partial charge is 0.126 e. The Morgan fingerprint density at radius 3 is 2.80 bits per heavy atom. The number of hydrogen-bond donors (Lipinski definition) is 2. The van der Waals surface area contributed by atoms with Gasteiger partial charge in [0.05, 0.1) is 6.61 Å². The van der Waals surface area contributed by atoms with Crippen LogP contribution in [0, 0.1) is 5.82 Å². The van der Waals surface area contributed by atoms with Crippen LogP contribution in [0.15, 0.2) is 24.3 Å². The number of aliphatic hydroxyl groups excluding tert-OH is 1. The summed E-state index contributed by atoms with van der Waals surface area (Å²) in [5, 5.41) is 12.7. The van der Waals surface area contributed by atoms with Crippen molar-refractivity contribution in [1.82, 2.24) is 5.32 Å². The van der Waals surface area contributed by atoms with Crippen molar-refractivity contribution in [2.24, 2.45) is 0 Å². The fourth-order valence-electron chi connectivity index (χ4n) is 2.22. The lowest BCUT2D eigenvalue weighted by atomic mass is 9.90. The molecule has 15 heavy (non-hydrogen) atoms. The lowest BCUT2D eigenvalue weighted by molar-refractivity contribution is 0.176. The maximum absolute atomic E-state index is 13.4. The summed E-state index contributed by atoms with van der Waals surface area (Å²) >= 11 is 0. The summed E-state index contributed by atoms with van der Waals surface area (Å²) in [6.45, 7) is 0.982. The van der Waals surface area contributed by atoms with Crippen molar-refractivity contribution < 1.29 is 9.50 Å². The summed E-state index contributed by atoms with van der Waals surface area (Å²) in [6, 6.07) is 6.77. The van der Waals surface area contributed by atoms with Gasteiger partial charge in [0.1, 0.15) is 5.82 Å².